The first-order chi connectivity index (χ1) is 10.0. The quantitative estimate of drug-likeness (QED) is 0.499. The average molecular weight is 312 g/mol. The second kappa shape index (κ2) is 9.21. The van der Waals surface area contributed by atoms with Crippen LogP contribution in [0.4, 0.5) is 0 Å². The minimum Gasteiger partial charge on any atom is -0.282 e. The monoisotopic (exact) mass is 312 g/mol. The van der Waals surface area contributed by atoms with Gasteiger partial charge < -0.3 is 0 Å². The van der Waals surface area contributed by atoms with Gasteiger partial charge in [0.2, 0.25) is 0 Å². The standard InChI is InChI=1S/C17H28O3S/c1-3-5-7-9-11-15-12-10-14-17(21(18,19)20)16(15)13-8-6-4-2/h10,12,14H,3-9,11,13H2,1-2H3,(H,18,19,20). The second-order valence-electron chi connectivity index (χ2n) is 5.64. The maximum absolute atomic E-state index is 11.6. The molecule has 0 aliphatic heterocycles. The molecule has 0 radical (unpaired) electrons. The highest BCUT2D eigenvalue weighted by Crippen LogP contribution is 2.24. The van der Waals surface area contributed by atoms with Crippen molar-refractivity contribution < 1.29 is 13.0 Å². The van der Waals surface area contributed by atoms with Crippen molar-refractivity contribution in [3.8, 4) is 0 Å². The predicted octanol–water partition coefficient (Wildman–Crippen LogP) is 4.79. The van der Waals surface area contributed by atoms with E-state index in [0.717, 1.165) is 49.7 Å². The lowest BCUT2D eigenvalue weighted by molar-refractivity contribution is 0.481. The smallest absolute Gasteiger partial charge is 0.282 e. The van der Waals surface area contributed by atoms with Crippen LogP contribution in [0.5, 0.6) is 0 Å². The van der Waals surface area contributed by atoms with E-state index in [1.807, 2.05) is 6.07 Å². The van der Waals surface area contributed by atoms with Crippen molar-refractivity contribution in [1.82, 2.24) is 0 Å². The third-order valence-electron chi connectivity index (χ3n) is 3.84. The summed E-state index contributed by atoms with van der Waals surface area (Å²) in [6.07, 6.45) is 9.40. The maximum atomic E-state index is 11.6. The third kappa shape index (κ3) is 6.18. The Morgan fingerprint density at radius 2 is 1.52 bits per heavy atom. The molecule has 1 aromatic rings. The molecular formula is C17H28O3S. The molecule has 21 heavy (non-hydrogen) atoms. The number of hydrogen-bond acceptors (Lipinski definition) is 2. The predicted molar refractivity (Wildman–Crippen MR) is 87.3 cm³/mol. The van der Waals surface area contributed by atoms with Crippen LogP contribution in [0, 0.1) is 0 Å². The van der Waals surface area contributed by atoms with Crippen molar-refractivity contribution in [3.63, 3.8) is 0 Å². The lowest BCUT2D eigenvalue weighted by atomic mass is 9.97. The van der Waals surface area contributed by atoms with Crippen molar-refractivity contribution in [2.24, 2.45) is 0 Å². The van der Waals surface area contributed by atoms with Crippen LogP contribution >= 0.6 is 0 Å². The molecule has 1 N–H and O–H groups in total. The Morgan fingerprint density at radius 3 is 2.14 bits per heavy atom. The van der Waals surface area contributed by atoms with Crippen LogP contribution in [0.25, 0.3) is 0 Å². The van der Waals surface area contributed by atoms with E-state index in [1.165, 1.54) is 25.3 Å². The van der Waals surface area contributed by atoms with Gasteiger partial charge in [-0.05, 0) is 42.9 Å². The molecule has 0 amide bonds. The van der Waals surface area contributed by atoms with Gasteiger partial charge in [-0.2, -0.15) is 8.42 Å². The Kier molecular flexibility index (Phi) is 7.97. The summed E-state index contributed by atoms with van der Waals surface area (Å²) in [5, 5.41) is 0. The number of benzene rings is 1. The van der Waals surface area contributed by atoms with Crippen LogP contribution in [0.15, 0.2) is 23.1 Å². The summed E-state index contributed by atoms with van der Waals surface area (Å²) in [7, 11) is -4.13. The van der Waals surface area contributed by atoms with E-state index in [9.17, 15) is 13.0 Å². The molecule has 0 atom stereocenters. The number of hydrogen-bond donors (Lipinski definition) is 1. The molecule has 0 aliphatic carbocycles. The summed E-state index contributed by atoms with van der Waals surface area (Å²) in [6, 6.07) is 5.26. The highest BCUT2D eigenvalue weighted by molar-refractivity contribution is 7.85. The zero-order valence-electron chi connectivity index (χ0n) is 13.3. The molecule has 0 fully saturated rings. The highest BCUT2D eigenvalue weighted by atomic mass is 32.2. The van der Waals surface area contributed by atoms with Crippen LogP contribution < -0.4 is 0 Å². The zero-order chi connectivity index (χ0) is 15.7. The average Bonchev–Trinajstić information content (AvgIpc) is 2.43. The van der Waals surface area contributed by atoms with Crippen LogP contribution in [-0.4, -0.2) is 13.0 Å². The fraction of sp³-hybridized carbons (Fsp3) is 0.647. The van der Waals surface area contributed by atoms with Gasteiger partial charge in [0.05, 0.1) is 4.90 Å². The van der Waals surface area contributed by atoms with E-state index in [1.54, 1.807) is 6.07 Å². The third-order valence-corrected chi connectivity index (χ3v) is 4.78. The Balaban J connectivity index is 2.93. The molecule has 0 saturated carbocycles. The van der Waals surface area contributed by atoms with Gasteiger partial charge in [0.1, 0.15) is 0 Å². The van der Waals surface area contributed by atoms with Gasteiger partial charge in [-0.1, -0.05) is 58.1 Å². The molecule has 0 bridgehead atoms. The molecule has 4 heteroatoms. The largest absolute Gasteiger partial charge is 0.294 e. The van der Waals surface area contributed by atoms with Crippen LogP contribution in [0.3, 0.4) is 0 Å². The molecule has 0 aliphatic rings. The lowest BCUT2D eigenvalue weighted by Crippen LogP contribution is -2.07. The van der Waals surface area contributed by atoms with E-state index in [4.69, 9.17) is 0 Å². The Bertz CT molecular complexity index is 521. The summed E-state index contributed by atoms with van der Waals surface area (Å²) in [5.74, 6) is 0. The Morgan fingerprint density at radius 1 is 0.905 bits per heavy atom. The van der Waals surface area contributed by atoms with Gasteiger partial charge in [-0.25, -0.2) is 0 Å². The minimum absolute atomic E-state index is 0.103. The van der Waals surface area contributed by atoms with Crippen LogP contribution in [0.2, 0.25) is 0 Å². The van der Waals surface area contributed by atoms with Crippen molar-refractivity contribution in [3.05, 3.63) is 29.3 Å². The van der Waals surface area contributed by atoms with Crippen molar-refractivity contribution >= 4 is 10.1 Å². The fourth-order valence-electron chi connectivity index (χ4n) is 2.66. The first-order valence-electron chi connectivity index (χ1n) is 8.09. The number of rotatable bonds is 10. The molecule has 0 unspecified atom stereocenters. The van der Waals surface area contributed by atoms with Crippen molar-refractivity contribution in [1.29, 1.82) is 0 Å². The number of unbranched alkanes of at least 4 members (excludes halogenated alkanes) is 5. The number of aryl methyl sites for hydroxylation is 1. The van der Waals surface area contributed by atoms with Gasteiger partial charge in [0.15, 0.2) is 0 Å². The fourth-order valence-corrected chi connectivity index (χ4v) is 3.46. The van der Waals surface area contributed by atoms with E-state index >= 15 is 0 Å². The summed E-state index contributed by atoms with van der Waals surface area (Å²) in [4.78, 5) is 0.103. The van der Waals surface area contributed by atoms with Gasteiger partial charge in [-0.3, -0.25) is 4.55 Å². The SMILES string of the molecule is CCCCCCc1cccc(S(=O)(=O)O)c1CCCCC. The summed E-state index contributed by atoms with van der Waals surface area (Å²) in [5.41, 5.74) is 1.90. The van der Waals surface area contributed by atoms with Crippen molar-refractivity contribution in [2.75, 3.05) is 0 Å². The lowest BCUT2D eigenvalue weighted by Gasteiger charge is -2.13. The molecular weight excluding hydrogens is 284 g/mol. The summed E-state index contributed by atoms with van der Waals surface area (Å²) < 4.78 is 32.6. The molecule has 0 heterocycles. The van der Waals surface area contributed by atoms with E-state index in [0.29, 0.717) is 0 Å². The summed E-state index contributed by atoms with van der Waals surface area (Å²) in [6.45, 7) is 4.30. The van der Waals surface area contributed by atoms with Gasteiger partial charge in [-0.15, -0.1) is 0 Å². The molecule has 1 rings (SSSR count). The Labute approximate surface area is 129 Å². The molecule has 0 aromatic heterocycles. The van der Waals surface area contributed by atoms with Gasteiger partial charge in [0, 0.05) is 0 Å². The molecule has 3 nitrogen and oxygen atoms in total. The normalized spacial score (nSPS) is 11.8. The van der Waals surface area contributed by atoms with E-state index in [-0.39, 0.29) is 4.90 Å². The molecule has 1 aromatic carbocycles. The second-order valence-corrected chi connectivity index (χ2v) is 7.03. The first kappa shape index (κ1) is 18.2. The molecule has 0 saturated heterocycles. The van der Waals surface area contributed by atoms with Crippen LogP contribution in [0.1, 0.15) is 69.9 Å². The summed E-state index contributed by atoms with van der Waals surface area (Å²) >= 11 is 0. The van der Waals surface area contributed by atoms with Gasteiger partial charge >= 0.3 is 0 Å². The highest BCUT2D eigenvalue weighted by Gasteiger charge is 2.17. The molecule has 120 valence electrons. The minimum atomic E-state index is -4.13. The van der Waals surface area contributed by atoms with Crippen LogP contribution in [-0.2, 0) is 23.0 Å². The maximum Gasteiger partial charge on any atom is 0.294 e. The molecule has 0 spiro atoms. The first-order valence-corrected chi connectivity index (χ1v) is 9.53. The van der Waals surface area contributed by atoms with Crippen molar-refractivity contribution in [2.45, 2.75) is 76.5 Å². The van der Waals surface area contributed by atoms with E-state index < -0.39 is 10.1 Å². The van der Waals surface area contributed by atoms with E-state index in [2.05, 4.69) is 13.8 Å². The zero-order valence-corrected chi connectivity index (χ0v) is 14.1. The Hall–Kier alpha value is -0.870. The van der Waals surface area contributed by atoms with Gasteiger partial charge in [0.25, 0.3) is 10.1 Å². The topological polar surface area (TPSA) is 54.4 Å².